The van der Waals surface area contributed by atoms with Gasteiger partial charge in [-0.05, 0) is 49.7 Å². The minimum Gasteiger partial charge on any atom is -0.481 e. The van der Waals surface area contributed by atoms with Gasteiger partial charge in [0.15, 0.2) is 0 Å². The van der Waals surface area contributed by atoms with Crippen molar-refractivity contribution >= 4 is 71.0 Å². The highest BCUT2D eigenvalue weighted by molar-refractivity contribution is 5.98. The number of rotatable bonds is 35. The quantitative estimate of drug-likeness (QED) is 0.0268. The van der Waals surface area contributed by atoms with Crippen LogP contribution in [0.5, 0.6) is 0 Å². The second-order valence-electron chi connectivity index (χ2n) is 19.0. The number of nitrogens with two attached hydrogens (primary N) is 3. The molecule has 28 nitrogen and oxygen atoms in total. The molecule has 28 heteroatoms. The Morgan fingerprint density at radius 1 is 0.506 bits per heavy atom. The van der Waals surface area contributed by atoms with Crippen LogP contribution in [0.1, 0.15) is 82.5 Å². The topological polar surface area (TPSA) is 469 Å². The summed E-state index contributed by atoms with van der Waals surface area (Å²) in [4.78, 5) is 164. The highest BCUT2D eigenvalue weighted by Gasteiger charge is 2.35. The van der Waals surface area contributed by atoms with E-state index in [1.54, 1.807) is 74.5 Å². The van der Waals surface area contributed by atoms with Gasteiger partial charge in [0.2, 0.25) is 59.1 Å². The van der Waals surface area contributed by atoms with Crippen molar-refractivity contribution in [3.8, 4) is 0 Å². The lowest BCUT2D eigenvalue weighted by Crippen LogP contribution is -2.60. The van der Waals surface area contributed by atoms with Crippen LogP contribution in [0.15, 0.2) is 73.2 Å². The fourth-order valence-corrected chi connectivity index (χ4v) is 7.67. The summed E-state index contributed by atoms with van der Waals surface area (Å²) in [6.45, 7) is 3.75. The smallest absolute Gasteiger partial charge is 0.328 e. The van der Waals surface area contributed by atoms with Crippen LogP contribution in [0, 0.1) is 5.92 Å². The van der Waals surface area contributed by atoms with Crippen molar-refractivity contribution < 1.29 is 72.9 Å². The monoisotopic (exact) mass is 1110 g/mol. The number of aliphatic carboxylic acids is 2. The first-order chi connectivity index (χ1) is 37.4. The number of carbonyl (C=O) groups is 12. The van der Waals surface area contributed by atoms with Crippen molar-refractivity contribution in [1.82, 2.24) is 52.5 Å². The molecule has 0 bridgehead atoms. The van der Waals surface area contributed by atoms with Crippen LogP contribution in [-0.4, -0.2) is 157 Å². The van der Waals surface area contributed by atoms with E-state index in [4.69, 9.17) is 22.3 Å². The molecule has 1 heterocycles. The van der Waals surface area contributed by atoms with Crippen LogP contribution in [0.4, 0.5) is 0 Å². The van der Waals surface area contributed by atoms with Gasteiger partial charge < -0.3 is 80.0 Å². The fraction of sp³-hybridized carbons (Fsp3) is 0.471. The number of benzene rings is 2. The number of primary amides is 2. The number of amides is 10. The third kappa shape index (κ3) is 23.6. The number of aliphatic hydroxyl groups is 1. The third-order valence-electron chi connectivity index (χ3n) is 12.0. The van der Waals surface area contributed by atoms with Crippen LogP contribution in [0.2, 0.25) is 0 Å². The molecule has 2 aromatic carbocycles. The fourth-order valence-electron chi connectivity index (χ4n) is 7.67. The highest BCUT2D eigenvalue weighted by atomic mass is 16.4. The Kier molecular flexibility index (Phi) is 26.7. The Morgan fingerprint density at radius 2 is 0.911 bits per heavy atom. The number of aromatic amines is 1. The zero-order valence-electron chi connectivity index (χ0n) is 43.9. The number of carbonyl (C=O) groups excluding carboxylic acids is 10. The lowest BCUT2D eigenvalue weighted by molar-refractivity contribution is -0.143. The van der Waals surface area contributed by atoms with Gasteiger partial charge in [-0.25, -0.2) is 9.78 Å². The van der Waals surface area contributed by atoms with Crippen LogP contribution >= 0.6 is 0 Å². The van der Waals surface area contributed by atoms with E-state index in [9.17, 15) is 67.7 Å². The van der Waals surface area contributed by atoms with Gasteiger partial charge in [0.05, 0.1) is 19.0 Å². The van der Waals surface area contributed by atoms with E-state index in [1.165, 1.54) is 19.4 Å². The second-order valence-corrected chi connectivity index (χ2v) is 19.0. The van der Waals surface area contributed by atoms with Gasteiger partial charge >= 0.3 is 11.9 Å². The first kappa shape index (κ1) is 64.5. The molecule has 0 spiro atoms. The lowest BCUT2D eigenvalue weighted by Gasteiger charge is -2.28. The molecule has 430 valence electrons. The molecule has 9 atom stereocenters. The van der Waals surface area contributed by atoms with Gasteiger partial charge in [0, 0.05) is 50.4 Å². The lowest BCUT2D eigenvalue weighted by atomic mass is 10.00. The zero-order valence-corrected chi connectivity index (χ0v) is 43.9. The Labute approximate surface area is 454 Å². The summed E-state index contributed by atoms with van der Waals surface area (Å²) in [5.41, 5.74) is 18.1. The molecule has 0 saturated heterocycles. The van der Waals surface area contributed by atoms with E-state index < -0.39 is 151 Å². The number of carboxylic acids is 2. The molecule has 0 aliphatic rings. The summed E-state index contributed by atoms with van der Waals surface area (Å²) in [5.74, 6) is -12.3. The summed E-state index contributed by atoms with van der Waals surface area (Å²) in [7, 11) is 0. The Hall–Kier alpha value is -8.79. The van der Waals surface area contributed by atoms with E-state index >= 15 is 0 Å². The van der Waals surface area contributed by atoms with E-state index in [0.29, 0.717) is 16.8 Å². The number of H-pyrrole nitrogens is 1. The number of nitrogens with zero attached hydrogens (tertiary/aromatic N) is 1. The Bertz CT molecular complexity index is 2570. The molecule has 18 N–H and O–H groups in total. The Morgan fingerprint density at radius 3 is 1.34 bits per heavy atom. The molecular weight excluding hydrogens is 1030 g/mol. The molecule has 3 aromatic rings. The summed E-state index contributed by atoms with van der Waals surface area (Å²) in [5, 5.41) is 47.8. The summed E-state index contributed by atoms with van der Waals surface area (Å²) < 4.78 is 0. The van der Waals surface area contributed by atoms with Crippen molar-refractivity contribution in [2.24, 2.45) is 23.1 Å². The first-order valence-corrected chi connectivity index (χ1v) is 25.2. The van der Waals surface area contributed by atoms with E-state index in [0.717, 1.165) is 0 Å². The van der Waals surface area contributed by atoms with Gasteiger partial charge in [0.1, 0.15) is 48.3 Å². The molecule has 10 amide bonds. The molecule has 0 aliphatic carbocycles. The zero-order chi connectivity index (χ0) is 58.8. The molecular formula is C51H71N13O15. The molecule has 0 fully saturated rings. The molecule has 3 rings (SSSR count). The van der Waals surface area contributed by atoms with Crippen molar-refractivity contribution in [2.75, 3.05) is 6.61 Å². The maximum absolute atomic E-state index is 14.4. The van der Waals surface area contributed by atoms with E-state index in [-0.39, 0.29) is 50.9 Å². The number of hydrogen-bond donors (Lipinski definition) is 15. The normalized spacial score (nSPS) is 14.4. The molecule has 0 aliphatic heterocycles. The maximum atomic E-state index is 14.4. The molecule has 79 heavy (non-hydrogen) atoms. The standard InChI is InChI=1S/C51H71N13O15/c1-27(2)20-35(47(74)59-34(16-18-41(54)67)46(73)63-37(22-30-12-8-5-9-13-30)49(76)64-39(25-65)51(78)79)62-48(75)36(21-29-10-6-4-7-11-29)60-43(70)28(3)57-45(72)33(15-17-40(53)66)58-50(77)38(23-31-24-55-26-56-31)61-44(71)32(52)14-19-42(68)69/h4-13,24,26-28,32-39,65H,14-23,25,52H2,1-3H3,(H2,53,66)(H2,54,67)(H,55,56)(H,57,72)(H,58,77)(H,59,74)(H,60,70)(H,61,71)(H,62,75)(H,63,73)(H,64,76)(H,68,69)(H,78,79)/t28-,32-,33-,34-,35-,36-,37-,38-,39-/m0/s1. The van der Waals surface area contributed by atoms with Gasteiger partial charge in [-0.15, -0.1) is 0 Å². The number of nitrogens with one attached hydrogen (secondary N) is 9. The molecule has 1 aromatic heterocycles. The van der Waals surface area contributed by atoms with Crippen molar-refractivity contribution in [1.29, 1.82) is 0 Å². The average molecular weight is 1110 g/mol. The number of carboxylic acid groups (broad SMARTS) is 2. The number of hydrogen-bond acceptors (Lipinski definition) is 15. The molecule has 0 radical (unpaired) electrons. The van der Waals surface area contributed by atoms with Crippen LogP contribution in [0.3, 0.4) is 0 Å². The predicted octanol–water partition coefficient (Wildman–Crippen LogP) is -3.82. The van der Waals surface area contributed by atoms with Crippen LogP contribution in [-0.2, 0) is 76.8 Å². The van der Waals surface area contributed by atoms with Gasteiger partial charge in [-0.3, -0.25) is 52.7 Å². The number of imidazole rings is 1. The first-order valence-electron chi connectivity index (χ1n) is 25.2. The minimum atomic E-state index is -1.73. The second kappa shape index (κ2) is 32.7. The SMILES string of the molecule is CC(C)C[C@H](NC(=O)[C@H](Cc1ccccc1)NC(=O)[C@H](C)NC(=O)[C@H](CCC(N)=O)NC(=O)[C@H](Cc1cnc[nH]1)NC(=O)[C@@H](N)CCC(=O)O)C(=O)N[C@@H](CCC(N)=O)C(=O)N[C@@H](Cc1ccccc1)C(=O)N[C@@H](CO)C(=O)O. The van der Waals surface area contributed by atoms with Gasteiger partial charge in [-0.2, -0.15) is 0 Å². The summed E-state index contributed by atoms with van der Waals surface area (Å²) in [6.07, 6.45) is -0.250. The van der Waals surface area contributed by atoms with E-state index in [2.05, 4.69) is 52.5 Å². The summed E-state index contributed by atoms with van der Waals surface area (Å²) in [6, 6.07) is 3.27. The van der Waals surface area contributed by atoms with Crippen molar-refractivity contribution in [3.05, 3.63) is 90.0 Å². The third-order valence-corrected chi connectivity index (χ3v) is 12.0. The van der Waals surface area contributed by atoms with Crippen molar-refractivity contribution in [3.63, 3.8) is 0 Å². The average Bonchev–Trinajstić information content (AvgIpc) is 3.92. The van der Waals surface area contributed by atoms with Crippen molar-refractivity contribution in [2.45, 2.75) is 139 Å². The largest absolute Gasteiger partial charge is 0.481 e. The number of aliphatic hydroxyl groups excluding tert-OH is 1. The molecule has 0 unspecified atom stereocenters. The number of aromatic nitrogens is 2. The minimum absolute atomic E-state index is 0.0423. The Balaban J connectivity index is 1.88. The predicted molar refractivity (Wildman–Crippen MR) is 280 cm³/mol. The van der Waals surface area contributed by atoms with Crippen LogP contribution < -0.4 is 59.7 Å². The highest BCUT2D eigenvalue weighted by Crippen LogP contribution is 2.12. The van der Waals surface area contributed by atoms with Gasteiger partial charge in [0.25, 0.3) is 0 Å². The van der Waals surface area contributed by atoms with Gasteiger partial charge in [-0.1, -0.05) is 74.5 Å². The molecule has 0 saturated carbocycles. The van der Waals surface area contributed by atoms with Crippen LogP contribution in [0.25, 0.3) is 0 Å². The maximum Gasteiger partial charge on any atom is 0.328 e. The summed E-state index contributed by atoms with van der Waals surface area (Å²) >= 11 is 0. The van der Waals surface area contributed by atoms with E-state index in [1.807, 2.05) is 0 Å².